The van der Waals surface area contributed by atoms with Crippen molar-refractivity contribution >= 4 is 28.7 Å². The molecule has 0 radical (unpaired) electrons. The van der Waals surface area contributed by atoms with E-state index >= 15 is 0 Å². The molecule has 0 bridgehead atoms. The monoisotopic (exact) mass is 313 g/mol. The third kappa shape index (κ3) is 3.22. The largest absolute Gasteiger partial charge is 0.382 e. The normalized spacial score (nSPS) is 11.4. The number of nitrogens with two attached hydrogens (primary N) is 1. The van der Waals surface area contributed by atoms with E-state index in [0.717, 1.165) is 17.9 Å². The highest BCUT2D eigenvalue weighted by Crippen LogP contribution is 2.23. The Kier molecular flexibility index (Phi) is 4.29. The number of imidazole rings is 1. The third-order valence-electron chi connectivity index (χ3n) is 3.21. The summed E-state index contributed by atoms with van der Waals surface area (Å²) in [7, 11) is 0. The van der Waals surface area contributed by atoms with Gasteiger partial charge in [0, 0.05) is 5.75 Å². The van der Waals surface area contributed by atoms with Crippen LogP contribution in [-0.4, -0.2) is 25.3 Å². The number of aromatic nitrogens is 4. The minimum absolute atomic E-state index is 0.447. The van der Waals surface area contributed by atoms with Gasteiger partial charge in [0.25, 0.3) is 0 Å². The van der Waals surface area contributed by atoms with E-state index in [0.29, 0.717) is 22.4 Å². The molecule has 0 aliphatic heterocycles. The molecule has 3 aromatic rings. The molecule has 2 aromatic heterocycles. The van der Waals surface area contributed by atoms with E-state index in [-0.39, 0.29) is 0 Å². The highest BCUT2D eigenvalue weighted by Gasteiger charge is 2.12. The molecule has 5 nitrogen and oxygen atoms in total. The van der Waals surface area contributed by atoms with Gasteiger partial charge in [0.05, 0.1) is 12.9 Å². The maximum atomic E-state index is 6.03. The second-order valence-corrected chi connectivity index (χ2v) is 6.61. The summed E-state index contributed by atoms with van der Waals surface area (Å²) in [5, 5.41) is 0.716. The Labute approximate surface area is 134 Å². The van der Waals surface area contributed by atoms with E-state index in [1.54, 1.807) is 18.1 Å². The molecule has 0 saturated carbocycles. The number of rotatable bonds is 5. The standard InChI is InChI=1S/C16H19N5S/c1-11(2)9-22-16-19-14(17)13-15(20-16)21(10-18-13)8-12-6-4-3-5-7-12/h3-7,10-11H,8-9H2,1-2H3,(H2,17,19,20). The van der Waals surface area contributed by atoms with Gasteiger partial charge < -0.3 is 10.3 Å². The second kappa shape index (κ2) is 6.36. The van der Waals surface area contributed by atoms with Crippen LogP contribution in [0.2, 0.25) is 0 Å². The summed E-state index contributed by atoms with van der Waals surface area (Å²) in [6.45, 7) is 5.07. The number of fused-ring (bicyclic) bond motifs is 1. The van der Waals surface area contributed by atoms with Crippen molar-refractivity contribution in [3.63, 3.8) is 0 Å². The van der Waals surface area contributed by atoms with Crippen molar-refractivity contribution in [1.29, 1.82) is 0 Å². The summed E-state index contributed by atoms with van der Waals surface area (Å²) in [5.41, 5.74) is 8.70. The zero-order valence-electron chi connectivity index (χ0n) is 12.7. The fraction of sp³-hybridized carbons (Fsp3) is 0.312. The molecule has 0 atom stereocenters. The first kappa shape index (κ1) is 14.8. The molecule has 0 aliphatic rings. The van der Waals surface area contributed by atoms with Crippen molar-refractivity contribution < 1.29 is 0 Å². The van der Waals surface area contributed by atoms with Gasteiger partial charge in [-0.3, -0.25) is 0 Å². The van der Waals surface area contributed by atoms with Crippen LogP contribution in [0.5, 0.6) is 0 Å². The fourth-order valence-corrected chi connectivity index (χ4v) is 2.94. The van der Waals surface area contributed by atoms with Crippen molar-refractivity contribution in [2.75, 3.05) is 11.5 Å². The van der Waals surface area contributed by atoms with E-state index in [4.69, 9.17) is 5.73 Å². The Morgan fingerprint density at radius 3 is 2.68 bits per heavy atom. The Hall–Kier alpha value is -2.08. The number of nitrogens with zero attached hydrogens (tertiary/aromatic N) is 4. The van der Waals surface area contributed by atoms with Gasteiger partial charge in [0.15, 0.2) is 16.6 Å². The van der Waals surface area contributed by atoms with E-state index in [2.05, 4.69) is 40.9 Å². The van der Waals surface area contributed by atoms with Crippen LogP contribution >= 0.6 is 11.8 Å². The lowest BCUT2D eigenvalue weighted by atomic mass is 10.2. The summed E-state index contributed by atoms with van der Waals surface area (Å²) < 4.78 is 2.02. The molecule has 6 heteroatoms. The van der Waals surface area contributed by atoms with Gasteiger partial charge in [-0.25, -0.2) is 15.0 Å². The maximum Gasteiger partial charge on any atom is 0.191 e. The molecule has 2 N–H and O–H groups in total. The summed E-state index contributed by atoms with van der Waals surface area (Å²) in [6.07, 6.45) is 1.78. The Morgan fingerprint density at radius 1 is 1.18 bits per heavy atom. The van der Waals surface area contributed by atoms with Crippen molar-refractivity contribution in [3.05, 3.63) is 42.2 Å². The molecular weight excluding hydrogens is 294 g/mol. The summed E-state index contributed by atoms with van der Waals surface area (Å²) in [5.74, 6) is 2.00. The number of nitrogen functional groups attached to an aromatic ring is 1. The molecule has 2 heterocycles. The molecule has 114 valence electrons. The van der Waals surface area contributed by atoms with Gasteiger partial charge in [-0.05, 0) is 11.5 Å². The summed E-state index contributed by atoms with van der Waals surface area (Å²) in [6, 6.07) is 10.2. The highest BCUT2D eigenvalue weighted by molar-refractivity contribution is 7.99. The van der Waals surface area contributed by atoms with Gasteiger partial charge in [-0.1, -0.05) is 55.9 Å². The van der Waals surface area contributed by atoms with Crippen LogP contribution in [0.4, 0.5) is 5.82 Å². The lowest BCUT2D eigenvalue weighted by Gasteiger charge is -2.07. The predicted molar refractivity (Wildman–Crippen MR) is 90.8 cm³/mol. The van der Waals surface area contributed by atoms with Crippen molar-refractivity contribution in [3.8, 4) is 0 Å². The Bertz CT molecular complexity index is 767. The molecule has 0 unspecified atom stereocenters. The van der Waals surface area contributed by atoms with E-state index in [1.165, 1.54) is 5.56 Å². The predicted octanol–water partition coefficient (Wildman–Crippen LogP) is 3.20. The number of benzene rings is 1. The maximum absolute atomic E-state index is 6.03. The van der Waals surface area contributed by atoms with Crippen LogP contribution in [0.1, 0.15) is 19.4 Å². The molecule has 0 saturated heterocycles. The molecule has 3 rings (SSSR count). The Balaban J connectivity index is 1.94. The topological polar surface area (TPSA) is 69.6 Å². The Morgan fingerprint density at radius 2 is 1.95 bits per heavy atom. The SMILES string of the molecule is CC(C)CSc1nc(N)c2ncn(Cc3ccccc3)c2n1. The molecule has 0 spiro atoms. The molecule has 22 heavy (non-hydrogen) atoms. The van der Waals surface area contributed by atoms with Crippen LogP contribution < -0.4 is 5.73 Å². The molecule has 1 aromatic carbocycles. The molecule has 0 fully saturated rings. The van der Waals surface area contributed by atoms with Gasteiger partial charge in [0.2, 0.25) is 0 Å². The lowest BCUT2D eigenvalue weighted by molar-refractivity contribution is 0.747. The van der Waals surface area contributed by atoms with E-state index in [9.17, 15) is 0 Å². The van der Waals surface area contributed by atoms with Crippen LogP contribution in [-0.2, 0) is 6.54 Å². The van der Waals surface area contributed by atoms with Crippen LogP contribution in [0.3, 0.4) is 0 Å². The van der Waals surface area contributed by atoms with Crippen molar-refractivity contribution in [1.82, 2.24) is 19.5 Å². The van der Waals surface area contributed by atoms with Crippen LogP contribution in [0, 0.1) is 5.92 Å². The quantitative estimate of drug-likeness (QED) is 0.578. The zero-order valence-corrected chi connectivity index (χ0v) is 13.5. The number of thioether (sulfide) groups is 1. The average molecular weight is 313 g/mol. The lowest BCUT2D eigenvalue weighted by Crippen LogP contribution is -2.03. The zero-order chi connectivity index (χ0) is 15.5. The fourth-order valence-electron chi connectivity index (χ4n) is 2.15. The molecular formula is C16H19N5S. The first-order chi connectivity index (χ1) is 10.6. The number of anilines is 1. The van der Waals surface area contributed by atoms with Gasteiger partial charge in [-0.15, -0.1) is 0 Å². The van der Waals surface area contributed by atoms with Gasteiger partial charge in [-0.2, -0.15) is 0 Å². The molecule has 0 amide bonds. The average Bonchev–Trinajstić information content (AvgIpc) is 2.90. The minimum atomic E-state index is 0.447. The smallest absolute Gasteiger partial charge is 0.191 e. The highest BCUT2D eigenvalue weighted by atomic mass is 32.2. The van der Waals surface area contributed by atoms with E-state index < -0.39 is 0 Å². The van der Waals surface area contributed by atoms with Crippen molar-refractivity contribution in [2.45, 2.75) is 25.5 Å². The first-order valence-electron chi connectivity index (χ1n) is 7.28. The minimum Gasteiger partial charge on any atom is -0.382 e. The first-order valence-corrected chi connectivity index (χ1v) is 8.27. The second-order valence-electron chi connectivity index (χ2n) is 5.63. The van der Waals surface area contributed by atoms with E-state index in [1.807, 2.05) is 22.8 Å². The number of hydrogen-bond acceptors (Lipinski definition) is 5. The van der Waals surface area contributed by atoms with Crippen molar-refractivity contribution in [2.24, 2.45) is 5.92 Å². The summed E-state index contributed by atoms with van der Waals surface area (Å²) in [4.78, 5) is 13.3. The molecule has 0 aliphatic carbocycles. The van der Waals surface area contributed by atoms with Crippen LogP contribution in [0.25, 0.3) is 11.2 Å². The van der Waals surface area contributed by atoms with Crippen LogP contribution in [0.15, 0.2) is 41.8 Å². The third-order valence-corrected chi connectivity index (χ3v) is 4.49. The number of hydrogen-bond donors (Lipinski definition) is 1. The van der Waals surface area contributed by atoms with Gasteiger partial charge >= 0.3 is 0 Å². The van der Waals surface area contributed by atoms with Gasteiger partial charge in [0.1, 0.15) is 5.52 Å². The summed E-state index contributed by atoms with van der Waals surface area (Å²) >= 11 is 1.63.